The number of aryl methyl sites for hydroxylation is 1. The normalized spacial score (nSPS) is 11.9. The molecule has 2 aromatic carbocycles. The topological polar surface area (TPSA) is 64.3 Å². The Morgan fingerprint density at radius 3 is 2.45 bits per heavy atom. The highest BCUT2D eigenvalue weighted by molar-refractivity contribution is 7.15. The molecule has 2 heterocycles. The molecule has 1 N–H and O–H groups in total. The van der Waals surface area contributed by atoms with E-state index in [-0.39, 0.29) is 0 Å². The van der Waals surface area contributed by atoms with Gasteiger partial charge in [0.05, 0.1) is 12.3 Å². The third kappa shape index (κ3) is 5.22. The molecule has 0 aliphatic heterocycles. The molecule has 0 aliphatic carbocycles. The van der Waals surface area contributed by atoms with Crippen molar-refractivity contribution < 1.29 is 14.6 Å². The molecule has 0 bridgehead atoms. The first kappa shape index (κ1) is 20.9. The Morgan fingerprint density at radius 2 is 1.77 bits per heavy atom. The van der Waals surface area contributed by atoms with E-state index in [2.05, 4.69) is 19.1 Å². The van der Waals surface area contributed by atoms with Gasteiger partial charge >= 0.3 is 5.97 Å². The van der Waals surface area contributed by atoms with Crippen LogP contribution in [0.3, 0.4) is 0 Å². The van der Waals surface area contributed by atoms with E-state index in [1.807, 2.05) is 54.6 Å². The van der Waals surface area contributed by atoms with E-state index >= 15 is 0 Å². The smallest absolute Gasteiger partial charge is 0.327 e. The number of thiazole rings is 1. The van der Waals surface area contributed by atoms with Gasteiger partial charge in [0.2, 0.25) is 0 Å². The van der Waals surface area contributed by atoms with Crippen LogP contribution < -0.4 is 4.74 Å². The monoisotopic (exact) mass is 432 g/mol. The van der Waals surface area contributed by atoms with Gasteiger partial charge in [-0.1, -0.05) is 42.5 Å². The molecule has 4 rings (SSSR count). The molecule has 0 aliphatic rings. The quantitative estimate of drug-likeness (QED) is 0.384. The predicted octanol–water partition coefficient (Wildman–Crippen LogP) is 5.41. The fraction of sp³-hybridized carbons (Fsp3) is 0.200. The highest BCUT2D eigenvalue weighted by atomic mass is 32.1. The summed E-state index contributed by atoms with van der Waals surface area (Å²) in [6.45, 7) is 2.64. The van der Waals surface area contributed by atoms with Crippen molar-refractivity contribution in [3.8, 4) is 16.3 Å². The number of carboxylic acids is 1. The van der Waals surface area contributed by atoms with E-state index in [4.69, 9.17) is 9.72 Å². The lowest BCUT2D eigenvalue weighted by Crippen LogP contribution is -2.20. The summed E-state index contributed by atoms with van der Waals surface area (Å²) in [5.41, 5.74) is 3.16. The average molecular weight is 433 g/mol. The van der Waals surface area contributed by atoms with Crippen LogP contribution in [0.5, 0.6) is 5.75 Å². The van der Waals surface area contributed by atoms with Crippen molar-refractivity contribution in [3.05, 3.63) is 95.3 Å². The fourth-order valence-electron chi connectivity index (χ4n) is 3.45. The second-order valence-corrected chi connectivity index (χ2v) is 8.52. The lowest BCUT2D eigenvalue weighted by Gasteiger charge is -2.15. The molecular formula is C25H24N2O3S. The van der Waals surface area contributed by atoms with Crippen LogP contribution in [0.1, 0.15) is 22.2 Å². The Hall–Kier alpha value is -3.38. The van der Waals surface area contributed by atoms with Crippen molar-refractivity contribution in [2.24, 2.45) is 0 Å². The largest absolute Gasteiger partial charge is 0.493 e. The van der Waals surface area contributed by atoms with Crippen LogP contribution in [0.15, 0.2) is 79.1 Å². The molecular weight excluding hydrogens is 408 g/mol. The number of hydrogen-bond acceptors (Lipinski definition) is 4. The number of aromatic nitrogens is 2. The predicted molar refractivity (Wildman–Crippen MR) is 123 cm³/mol. The van der Waals surface area contributed by atoms with Gasteiger partial charge in [-0.2, -0.15) is 0 Å². The number of ether oxygens (including phenoxy) is 1. The van der Waals surface area contributed by atoms with Gasteiger partial charge in [-0.25, -0.2) is 9.78 Å². The third-order valence-electron chi connectivity index (χ3n) is 5.15. The Labute approximate surface area is 185 Å². The highest BCUT2D eigenvalue weighted by Gasteiger charge is 2.19. The van der Waals surface area contributed by atoms with E-state index in [1.165, 1.54) is 4.88 Å². The van der Waals surface area contributed by atoms with Crippen LogP contribution in [0.2, 0.25) is 0 Å². The van der Waals surface area contributed by atoms with Gasteiger partial charge in [0.15, 0.2) is 0 Å². The summed E-state index contributed by atoms with van der Waals surface area (Å²) in [4.78, 5) is 17.6. The molecule has 0 fully saturated rings. The van der Waals surface area contributed by atoms with Gasteiger partial charge in [-0.3, -0.25) is 0 Å². The number of benzene rings is 2. The standard InChI is InChI=1S/C25H24N2O3S/c1-18-22(26-24(31-18)20-7-3-2-4-8-20)13-16-30-21-11-9-19(10-12-21)17-23(25(28)29)27-14-5-6-15-27/h2-12,14-15,23H,13,16-17H2,1H3,(H,28,29). The molecule has 0 radical (unpaired) electrons. The summed E-state index contributed by atoms with van der Waals surface area (Å²) >= 11 is 1.71. The fourth-order valence-corrected chi connectivity index (χ4v) is 4.42. The summed E-state index contributed by atoms with van der Waals surface area (Å²) in [5, 5.41) is 10.6. The lowest BCUT2D eigenvalue weighted by atomic mass is 10.1. The van der Waals surface area contributed by atoms with Gasteiger partial charge in [0.1, 0.15) is 16.8 Å². The second-order valence-electron chi connectivity index (χ2n) is 7.32. The summed E-state index contributed by atoms with van der Waals surface area (Å²) in [5.74, 6) is -0.0715. The number of rotatable bonds is 9. The van der Waals surface area contributed by atoms with E-state index in [0.717, 1.165) is 34.0 Å². The van der Waals surface area contributed by atoms with Crippen LogP contribution in [-0.4, -0.2) is 27.2 Å². The minimum absolute atomic E-state index is 0.421. The number of carboxylic acid groups (broad SMARTS) is 1. The lowest BCUT2D eigenvalue weighted by molar-refractivity contribution is -0.140. The summed E-state index contributed by atoms with van der Waals surface area (Å²) in [7, 11) is 0. The van der Waals surface area contributed by atoms with Crippen molar-refractivity contribution in [1.82, 2.24) is 9.55 Å². The van der Waals surface area contributed by atoms with Crippen LogP contribution in [0.25, 0.3) is 10.6 Å². The van der Waals surface area contributed by atoms with E-state index in [9.17, 15) is 9.90 Å². The van der Waals surface area contributed by atoms with E-state index < -0.39 is 12.0 Å². The Bertz CT molecular complexity index is 1120. The zero-order chi connectivity index (χ0) is 21.6. The van der Waals surface area contributed by atoms with Crippen molar-refractivity contribution in [2.45, 2.75) is 25.8 Å². The summed E-state index contributed by atoms with van der Waals surface area (Å²) in [6, 6.07) is 20.9. The van der Waals surface area contributed by atoms with Gasteiger partial charge in [0, 0.05) is 35.7 Å². The molecule has 158 valence electrons. The zero-order valence-corrected chi connectivity index (χ0v) is 18.1. The van der Waals surface area contributed by atoms with Gasteiger partial charge in [-0.05, 0) is 36.8 Å². The minimum Gasteiger partial charge on any atom is -0.493 e. The first-order valence-corrected chi connectivity index (χ1v) is 11.0. The summed E-state index contributed by atoms with van der Waals surface area (Å²) < 4.78 is 7.62. The van der Waals surface area contributed by atoms with Crippen molar-refractivity contribution in [2.75, 3.05) is 6.61 Å². The molecule has 4 aromatic rings. The van der Waals surface area contributed by atoms with Gasteiger partial charge < -0.3 is 14.4 Å². The van der Waals surface area contributed by atoms with Crippen LogP contribution in [-0.2, 0) is 17.6 Å². The summed E-state index contributed by atoms with van der Waals surface area (Å²) in [6.07, 6.45) is 4.72. The molecule has 6 heteroatoms. The molecule has 2 aromatic heterocycles. The van der Waals surface area contributed by atoms with E-state index in [1.54, 1.807) is 28.3 Å². The molecule has 5 nitrogen and oxygen atoms in total. The molecule has 1 atom stereocenters. The van der Waals surface area contributed by atoms with Crippen molar-refractivity contribution in [1.29, 1.82) is 0 Å². The average Bonchev–Trinajstić information content (AvgIpc) is 3.44. The Balaban J connectivity index is 1.33. The van der Waals surface area contributed by atoms with Gasteiger partial charge in [0.25, 0.3) is 0 Å². The van der Waals surface area contributed by atoms with Crippen molar-refractivity contribution in [3.63, 3.8) is 0 Å². The molecule has 0 saturated heterocycles. The zero-order valence-electron chi connectivity index (χ0n) is 17.3. The first-order valence-electron chi connectivity index (χ1n) is 10.2. The van der Waals surface area contributed by atoms with Gasteiger partial charge in [-0.15, -0.1) is 11.3 Å². The van der Waals surface area contributed by atoms with Crippen LogP contribution in [0, 0.1) is 6.92 Å². The maximum absolute atomic E-state index is 11.6. The third-order valence-corrected chi connectivity index (χ3v) is 6.21. The molecule has 1 unspecified atom stereocenters. The SMILES string of the molecule is Cc1sc(-c2ccccc2)nc1CCOc1ccc(CC(C(=O)O)n2cccc2)cc1. The molecule has 0 spiro atoms. The van der Waals surface area contributed by atoms with Crippen LogP contribution in [0.4, 0.5) is 0 Å². The molecule has 31 heavy (non-hydrogen) atoms. The second kappa shape index (κ2) is 9.62. The molecule has 0 amide bonds. The maximum atomic E-state index is 11.6. The minimum atomic E-state index is -0.843. The number of aliphatic carboxylic acids is 1. The Kier molecular flexibility index (Phi) is 6.48. The maximum Gasteiger partial charge on any atom is 0.327 e. The number of hydrogen-bond donors (Lipinski definition) is 1. The van der Waals surface area contributed by atoms with Crippen LogP contribution >= 0.6 is 11.3 Å². The highest BCUT2D eigenvalue weighted by Crippen LogP contribution is 2.28. The van der Waals surface area contributed by atoms with Crippen molar-refractivity contribution >= 4 is 17.3 Å². The Morgan fingerprint density at radius 1 is 1.06 bits per heavy atom. The number of nitrogens with zero attached hydrogens (tertiary/aromatic N) is 2. The number of carbonyl (C=O) groups is 1. The van der Waals surface area contributed by atoms with E-state index in [0.29, 0.717) is 13.0 Å². The first-order chi connectivity index (χ1) is 15.1. The molecule has 0 saturated carbocycles.